The molecule has 22 heavy (non-hydrogen) atoms. The maximum Gasteiger partial charge on any atom is 0.330 e. The van der Waals surface area contributed by atoms with Gasteiger partial charge in [-0.25, -0.2) is 4.79 Å². The SMILES string of the molecule is CCOC(=O)/C=C(C)/C=C/C=C(C)/C=C/[C@H]1C[C@H]2CC[C@H]1C2. The van der Waals surface area contributed by atoms with Crippen LogP contribution in [0.1, 0.15) is 46.5 Å². The normalized spacial score (nSPS) is 29.0. The molecule has 2 saturated carbocycles. The first-order chi connectivity index (χ1) is 10.6. The predicted molar refractivity (Wildman–Crippen MR) is 91.4 cm³/mol. The van der Waals surface area contributed by atoms with Gasteiger partial charge in [0.15, 0.2) is 0 Å². The summed E-state index contributed by atoms with van der Waals surface area (Å²) in [4.78, 5) is 11.3. The fraction of sp³-hybridized carbons (Fsp3) is 0.550. The molecular weight excluding hydrogens is 272 g/mol. The minimum absolute atomic E-state index is 0.276. The Morgan fingerprint density at radius 1 is 1.14 bits per heavy atom. The van der Waals surface area contributed by atoms with E-state index >= 15 is 0 Å². The highest BCUT2D eigenvalue weighted by Crippen LogP contribution is 2.48. The number of hydrogen-bond donors (Lipinski definition) is 0. The van der Waals surface area contributed by atoms with Crippen molar-refractivity contribution in [3.8, 4) is 0 Å². The van der Waals surface area contributed by atoms with Gasteiger partial charge in [-0.1, -0.05) is 42.4 Å². The highest BCUT2D eigenvalue weighted by Gasteiger charge is 2.37. The van der Waals surface area contributed by atoms with Crippen LogP contribution in [0.3, 0.4) is 0 Å². The number of allylic oxidation sites excluding steroid dienone is 7. The van der Waals surface area contributed by atoms with Crippen molar-refractivity contribution in [2.45, 2.75) is 46.5 Å². The van der Waals surface area contributed by atoms with Crippen molar-refractivity contribution in [2.24, 2.45) is 17.8 Å². The summed E-state index contributed by atoms with van der Waals surface area (Å²) in [5.74, 6) is 2.47. The molecule has 0 aromatic carbocycles. The molecule has 0 N–H and O–H groups in total. The highest BCUT2D eigenvalue weighted by atomic mass is 16.5. The lowest BCUT2D eigenvalue weighted by Crippen LogP contribution is -2.06. The summed E-state index contributed by atoms with van der Waals surface area (Å²) in [7, 11) is 0. The molecule has 0 aliphatic heterocycles. The summed E-state index contributed by atoms with van der Waals surface area (Å²) in [5.41, 5.74) is 2.16. The van der Waals surface area contributed by atoms with E-state index in [1.165, 1.54) is 37.3 Å². The van der Waals surface area contributed by atoms with Gasteiger partial charge in [-0.15, -0.1) is 0 Å². The molecule has 0 unspecified atom stereocenters. The van der Waals surface area contributed by atoms with E-state index in [0.717, 1.165) is 23.3 Å². The molecule has 0 spiro atoms. The fourth-order valence-corrected chi connectivity index (χ4v) is 3.63. The van der Waals surface area contributed by atoms with Crippen LogP contribution in [0.4, 0.5) is 0 Å². The lowest BCUT2D eigenvalue weighted by atomic mass is 9.88. The maximum absolute atomic E-state index is 11.3. The van der Waals surface area contributed by atoms with Crippen molar-refractivity contribution in [1.82, 2.24) is 0 Å². The van der Waals surface area contributed by atoms with E-state index < -0.39 is 0 Å². The second-order valence-electron chi connectivity index (χ2n) is 6.61. The molecule has 0 amide bonds. The molecule has 2 aliphatic carbocycles. The smallest absolute Gasteiger partial charge is 0.330 e. The van der Waals surface area contributed by atoms with Crippen LogP contribution in [0.25, 0.3) is 0 Å². The Labute approximate surface area is 134 Å². The Balaban J connectivity index is 1.82. The standard InChI is InChI=1S/C20H28O2/c1-4-22-20(21)12-16(3)7-5-6-15(2)8-10-18-13-17-9-11-19(18)14-17/h5-8,10,12,17-19H,4,9,11,13-14H2,1-3H3/b7-5+,10-8+,15-6+,16-12+/t17-,18+,19+/m1/s1. The second kappa shape index (κ2) is 8.17. The number of rotatable bonds is 6. The van der Waals surface area contributed by atoms with E-state index in [1.54, 1.807) is 0 Å². The van der Waals surface area contributed by atoms with E-state index in [2.05, 4.69) is 25.2 Å². The van der Waals surface area contributed by atoms with Crippen molar-refractivity contribution in [1.29, 1.82) is 0 Å². The Morgan fingerprint density at radius 3 is 2.59 bits per heavy atom. The fourth-order valence-electron chi connectivity index (χ4n) is 3.63. The van der Waals surface area contributed by atoms with Gasteiger partial charge in [0.1, 0.15) is 0 Å². The second-order valence-corrected chi connectivity index (χ2v) is 6.61. The predicted octanol–water partition coefficient (Wildman–Crippen LogP) is 4.99. The third-order valence-corrected chi connectivity index (χ3v) is 4.75. The van der Waals surface area contributed by atoms with Gasteiger partial charge in [0.05, 0.1) is 6.61 Å². The quantitative estimate of drug-likeness (QED) is 0.392. The molecule has 0 saturated heterocycles. The zero-order chi connectivity index (χ0) is 15.9. The van der Waals surface area contributed by atoms with Gasteiger partial charge in [0.2, 0.25) is 0 Å². The van der Waals surface area contributed by atoms with Gasteiger partial charge < -0.3 is 4.74 Å². The van der Waals surface area contributed by atoms with Gasteiger partial charge >= 0.3 is 5.97 Å². The van der Waals surface area contributed by atoms with Crippen molar-refractivity contribution >= 4 is 5.97 Å². The van der Waals surface area contributed by atoms with Gasteiger partial charge in [-0.2, -0.15) is 0 Å². The Hall–Kier alpha value is -1.57. The first kappa shape index (κ1) is 16.8. The Bertz CT molecular complexity index is 508. The first-order valence-electron chi connectivity index (χ1n) is 8.46. The number of carbonyl (C=O) groups is 1. The molecule has 0 aromatic rings. The molecule has 0 radical (unpaired) electrons. The molecule has 0 heterocycles. The Morgan fingerprint density at radius 2 is 1.95 bits per heavy atom. The van der Waals surface area contributed by atoms with Crippen molar-refractivity contribution in [3.05, 3.63) is 47.6 Å². The molecule has 2 rings (SSSR count). The molecule has 2 nitrogen and oxygen atoms in total. The average Bonchev–Trinajstić information content (AvgIpc) is 3.07. The van der Waals surface area contributed by atoms with Crippen LogP contribution < -0.4 is 0 Å². The summed E-state index contributed by atoms with van der Waals surface area (Å²) in [6.45, 7) is 6.25. The van der Waals surface area contributed by atoms with Crippen LogP contribution >= 0.6 is 0 Å². The van der Waals surface area contributed by atoms with Crippen molar-refractivity contribution in [3.63, 3.8) is 0 Å². The molecule has 2 bridgehead atoms. The minimum Gasteiger partial charge on any atom is -0.463 e. The number of carbonyl (C=O) groups excluding carboxylic acids is 1. The third kappa shape index (κ3) is 5.01. The van der Waals surface area contributed by atoms with Gasteiger partial charge in [0.25, 0.3) is 0 Å². The summed E-state index contributed by atoms with van der Waals surface area (Å²) in [6.07, 6.45) is 17.9. The molecule has 2 fully saturated rings. The van der Waals surface area contributed by atoms with Crippen LogP contribution in [-0.4, -0.2) is 12.6 Å². The molecule has 2 aliphatic rings. The minimum atomic E-state index is -0.276. The van der Waals surface area contributed by atoms with Gasteiger partial charge in [0, 0.05) is 6.08 Å². The topological polar surface area (TPSA) is 26.3 Å². The molecule has 2 heteroatoms. The van der Waals surface area contributed by atoms with E-state index in [-0.39, 0.29) is 5.97 Å². The molecule has 0 aromatic heterocycles. The maximum atomic E-state index is 11.3. The summed E-state index contributed by atoms with van der Waals surface area (Å²) in [6, 6.07) is 0. The van der Waals surface area contributed by atoms with Crippen molar-refractivity contribution in [2.75, 3.05) is 6.61 Å². The monoisotopic (exact) mass is 300 g/mol. The molecular formula is C20H28O2. The number of esters is 1. The molecule has 3 atom stereocenters. The van der Waals surface area contributed by atoms with Crippen LogP contribution in [-0.2, 0) is 9.53 Å². The molecule has 120 valence electrons. The van der Waals surface area contributed by atoms with E-state index in [9.17, 15) is 4.79 Å². The van der Waals surface area contributed by atoms with E-state index in [0.29, 0.717) is 6.61 Å². The number of fused-ring (bicyclic) bond motifs is 2. The number of ether oxygens (including phenoxy) is 1. The highest BCUT2D eigenvalue weighted by molar-refractivity contribution is 5.83. The number of hydrogen-bond acceptors (Lipinski definition) is 2. The van der Waals surface area contributed by atoms with Gasteiger partial charge in [-0.3, -0.25) is 0 Å². The van der Waals surface area contributed by atoms with Crippen LogP contribution in [0.5, 0.6) is 0 Å². The summed E-state index contributed by atoms with van der Waals surface area (Å²) >= 11 is 0. The van der Waals surface area contributed by atoms with Crippen LogP contribution in [0.15, 0.2) is 47.6 Å². The largest absolute Gasteiger partial charge is 0.463 e. The van der Waals surface area contributed by atoms with Crippen molar-refractivity contribution < 1.29 is 9.53 Å². The zero-order valence-corrected chi connectivity index (χ0v) is 14.0. The summed E-state index contributed by atoms with van der Waals surface area (Å²) < 4.78 is 4.88. The first-order valence-corrected chi connectivity index (χ1v) is 8.46. The third-order valence-electron chi connectivity index (χ3n) is 4.75. The van der Waals surface area contributed by atoms with Gasteiger partial charge in [-0.05, 0) is 63.4 Å². The lowest BCUT2D eigenvalue weighted by molar-refractivity contribution is -0.137. The summed E-state index contributed by atoms with van der Waals surface area (Å²) in [5, 5.41) is 0. The zero-order valence-electron chi connectivity index (χ0n) is 14.0. The average molecular weight is 300 g/mol. The lowest BCUT2D eigenvalue weighted by Gasteiger charge is -2.17. The van der Waals surface area contributed by atoms with Crippen LogP contribution in [0.2, 0.25) is 0 Å². The Kier molecular flexibility index (Phi) is 6.23. The van der Waals surface area contributed by atoms with E-state index in [1.807, 2.05) is 26.0 Å². The van der Waals surface area contributed by atoms with Crippen LogP contribution in [0, 0.1) is 17.8 Å². The van der Waals surface area contributed by atoms with E-state index in [4.69, 9.17) is 4.74 Å².